The molecule has 0 saturated carbocycles. The maximum atomic E-state index is 11.7. The molecule has 0 aliphatic carbocycles. The number of likely N-dealkylation sites (tertiary alicyclic amines) is 1. The van der Waals surface area contributed by atoms with Crippen molar-refractivity contribution >= 4 is 5.97 Å². The number of esters is 1. The van der Waals surface area contributed by atoms with Gasteiger partial charge in [0, 0.05) is 6.54 Å². The summed E-state index contributed by atoms with van der Waals surface area (Å²) in [6.07, 6.45) is 3.46. The van der Waals surface area contributed by atoms with Gasteiger partial charge in [-0.25, -0.2) is 0 Å². The van der Waals surface area contributed by atoms with Gasteiger partial charge >= 0.3 is 5.97 Å². The third-order valence-corrected chi connectivity index (χ3v) is 4.27. The minimum Gasteiger partial charge on any atom is -0.468 e. The highest BCUT2D eigenvalue weighted by molar-refractivity contribution is 5.80. The molecule has 2 saturated heterocycles. The SMILES string of the molecule is COC(=O)C1(C)CC(CC2CCN(C)C2)CN1. The van der Waals surface area contributed by atoms with Gasteiger partial charge in [0.25, 0.3) is 0 Å². The van der Waals surface area contributed by atoms with Gasteiger partial charge in [-0.05, 0) is 58.2 Å². The number of nitrogens with one attached hydrogen (secondary N) is 1. The lowest BCUT2D eigenvalue weighted by atomic mass is 9.88. The first kappa shape index (κ1) is 12.8. The first-order chi connectivity index (χ1) is 8.03. The molecule has 3 atom stereocenters. The summed E-state index contributed by atoms with van der Waals surface area (Å²) >= 11 is 0. The summed E-state index contributed by atoms with van der Waals surface area (Å²) in [5.74, 6) is 1.31. The van der Waals surface area contributed by atoms with Gasteiger partial charge in [0.2, 0.25) is 0 Å². The van der Waals surface area contributed by atoms with Crippen LogP contribution in [-0.2, 0) is 9.53 Å². The number of hydrogen-bond acceptors (Lipinski definition) is 4. The maximum Gasteiger partial charge on any atom is 0.325 e. The Labute approximate surface area is 104 Å². The van der Waals surface area contributed by atoms with Crippen LogP contribution in [0.2, 0.25) is 0 Å². The molecule has 0 spiro atoms. The molecule has 0 aromatic carbocycles. The van der Waals surface area contributed by atoms with Gasteiger partial charge in [-0.15, -0.1) is 0 Å². The molecule has 1 N–H and O–H groups in total. The lowest BCUT2D eigenvalue weighted by Gasteiger charge is -2.21. The number of methoxy groups -OCH3 is 1. The van der Waals surface area contributed by atoms with Crippen LogP contribution >= 0.6 is 0 Å². The largest absolute Gasteiger partial charge is 0.468 e. The van der Waals surface area contributed by atoms with Crippen LogP contribution in [0.25, 0.3) is 0 Å². The minimum atomic E-state index is -0.454. The summed E-state index contributed by atoms with van der Waals surface area (Å²) < 4.78 is 4.86. The zero-order valence-electron chi connectivity index (χ0n) is 11.2. The topological polar surface area (TPSA) is 41.6 Å². The lowest BCUT2D eigenvalue weighted by Crippen LogP contribution is -2.45. The van der Waals surface area contributed by atoms with Crippen molar-refractivity contribution in [3.05, 3.63) is 0 Å². The molecule has 0 amide bonds. The summed E-state index contributed by atoms with van der Waals surface area (Å²) in [5.41, 5.74) is -0.454. The van der Waals surface area contributed by atoms with Crippen molar-refractivity contribution in [3.8, 4) is 0 Å². The van der Waals surface area contributed by atoms with Gasteiger partial charge in [-0.3, -0.25) is 4.79 Å². The molecule has 0 radical (unpaired) electrons. The van der Waals surface area contributed by atoms with E-state index in [1.807, 2.05) is 6.92 Å². The number of carbonyl (C=O) groups is 1. The third kappa shape index (κ3) is 2.80. The van der Waals surface area contributed by atoms with Crippen LogP contribution in [0.5, 0.6) is 0 Å². The molecule has 2 heterocycles. The smallest absolute Gasteiger partial charge is 0.325 e. The zero-order chi connectivity index (χ0) is 12.5. The van der Waals surface area contributed by atoms with E-state index in [1.165, 1.54) is 33.0 Å². The normalized spacial score (nSPS) is 38.5. The molecule has 2 aliphatic heterocycles. The molecular formula is C13H24N2O2. The molecule has 0 aromatic heterocycles. The predicted molar refractivity (Wildman–Crippen MR) is 66.8 cm³/mol. The molecule has 4 nitrogen and oxygen atoms in total. The number of hydrogen-bond donors (Lipinski definition) is 1. The fourth-order valence-electron chi connectivity index (χ4n) is 3.33. The summed E-state index contributed by atoms with van der Waals surface area (Å²) in [5, 5.41) is 3.33. The number of rotatable bonds is 3. The predicted octanol–water partition coefficient (Wildman–Crippen LogP) is 0.869. The van der Waals surface area contributed by atoms with Gasteiger partial charge < -0.3 is 15.0 Å². The average Bonchev–Trinajstić information content (AvgIpc) is 2.86. The van der Waals surface area contributed by atoms with Gasteiger partial charge in [-0.1, -0.05) is 0 Å². The second kappa shape index (κ2) is 4.94. The highest BCUT2D eigenvalue weighted by Crippen LogP contribution is 2.32. The van der Waals surface area contributed by atoms with Crippen molar-refractivity contribution in [2.45, 2.75) is 31.7 Å². The van der Waals surface area contributed by atoms with Crippen LogP contribution in [0.3, 0.4) is 0 Å². The van der Waals surface area contributed by atoms with Crippen molar-refractivity contribution < 1.29 is 9.53 Å². The molecule has 3 unspecified atom stereocenters. The second-order valence-corrected chi connectivity index (χ2v) is 5.93. The van der Waals surface area contributed by atoms with Crippen molar-refractivity contribution in [2.24, 2.45) is 11.8 Å². The Kier molecular flexibility index (Phi) is 3.73. The van der Waals surface area contributed by atoms with Crippen LogP contribution in [0.1, 0.15) is 26.2 Å². The molecule has 98 valence electrons. The molecule has 2 aliphatic rings. The molecule has 0 aromatic rings. The van der Waals surface area contributed by atoms with Crippen LogP contribution in [0, 0.1) is 11.8 Å². The number of ether oxygens (including phenoxy) is 1. The molecule has 4 heteroatoms. The van der Waals surface area contributed by atoms with E-state index in [-0.39, 0.29) is 5.97 Å². The Hall–Kier alpha value is -0.610. The Morgan fingerprint density at radius 2 is 2.29 bits per heavy atom. The fraction of sp³-hybridized carbons (Fsp3) is 0.923. The Morgan fingerprint density at radius 3 is 2.88 bits per heavy atom. The van der Waals surface area contributed by atoms with Crippen molar-refractivity contribution in [3.63, 3.8) is 0 Å². The van der Waals surface area contributed by atoms with E-state index >= 15 is 0 Å². The summed E-state index contributed by atoms with van der Waals surface area (Å²) in [4.78, 5) is 14.1. The van der Waals surface area contributed by atoms with Gasteiger partial charge in [-0.2, -0.15) is 0 Å². The Morgan fingerprint density at radius 1 is 1.53 bits per heavy atom. The number of carbonyl (C=O) groups excluding carboxylic acids is 1. The molecule has 17 heavy (non-hydrogen) atoms. The maximum absolute atomic E-state index is 11.7. The number of nitrogens with zero attached hydrogens (tertiary/aromatic N) is 1. The van der Waals surface area contributed by atoms with Gasteiger partial charge in [0.1, 0.15) is 5.54 Å². The first-order valence-corrected chi connectivity index (χ1v) is 6.55. The van der Waals surface area contributed by atoms with Crippen LogP contribution in [0.15, 0.2) is 0 Å². The van der Waals surface area contributed by atoms with E-state index < -0.39 is 5.54 Å². The van der Waals surface area contributed by atoms with E-state index in [2.05, 4.69) is 17.3 Å². The quantitative estimate of drug-likeness (QED) is 0.743. The molecule has 0 bridgehead atoms. The zero-order valence-corrected chi connectivity index (χ0v) is 11.2. The molecular weight excluding hydrogens is 216 g/mol. The van der Waals surface area contributed by atoms with E-state index in [0.29, 0.717) is 5.92 Å². The van der Waals surface area contributed by atoms with Gasteiger partial charge in [0.15, 0.2) is 0 Å². The highest BCUT2D eigenvalue weighted by Gasteiger charge is 2.42. The van der Waals surface area contributed by atoms with Crippen LogP contribution in [-0.4, -0.2) is 50.2 Å². The van der Waals surface area contributed by atoms with E-state index in [0.717, 1.165) is 18.9 Å². The van der Waals surface area contributed by atoms with Gasteiger partial charge in [0.05, 0.1) is 7.11 Å². The van der Waals surface area contributed by atoms with Crippen molar-refractivity contribution in [1.29, 1.82) is 0 Å². The monoisotopic (exact) mass is 240 g/mol. The summed E-state index contributed by atoms with van der Waals surface area (Å²) in [7, 11) is 3.65. The van der Waals surface area contributed by atoms with E-state index in [1.54, 1.807) is 0 Å². The van der Waals surface area contributed by atoms with Crippen LogP contribution in [0.4, 0.5) is 0 Å². The summed E-state index contributed by atoms with van der Waals surface area (Å²) in [6.45, 7) is 5.34. The first-order valence-electron chi connectivity index (χ1n) is 6.55. The third-order valence-electron chi connectivity index (χ3n) is 4.27. The molecule has 2 rings (SSSR count). The Bertz CT molecular complexity index is 295. The summed E-state index contributed by atoms with van der Waals surface area (Å²) in [6, 6.07) is 0. The fourth-order valence-corrected chi connectivity index (χ4v) is 3.33. The van der Waals surface area contributed by atoms with Crippen molar-refractivity contribution in [2.75, 3.05) is 33.8 Å². The van der Waals surface area contributed by atoms with Crippen molar-refractivity contribution in [1.82, 2.24) is 10.2 Å². The standard InChI is InChI=1S/C13H24N2O2/c1-13(12(16)17-3)7-11(8-14-13)6-10-4-5-15(2)9-10/h10-11,14H,4-9H2,1-3H3. The lowest BCUT2D eigenvalue weighted by molar-refractivity contribution is -0.147. The second-order valence-electron chi connectivity index (χ2n) is 5.93. The highest BCUT2D eigenvalue weighted by atomic mass is 16.5. The van der Waals surface area contributed by atoms with E-state index in [9.17, 15) is 4.79 Å². The molecule has 2 fully saturated rings. The average molecular weight is 240 g/mol. The minimum absolute atomic E-state index is 0.122. The Balaban J connectivity index is 1.83. The van der Waals surface area contributed by atoms with Crippen LogP contribution < -0.4 is 5.32 Å². The van der Waals surface area contributed by atoms with E-state index in [4.69, 9.17) is 4.74 Å².